The first-order chi connectivity index (χ1) is 15.2. The number of benzene rings is 2. The van der Waals surface area contributed by atoms with E-state index >= 15 is 0 Å². The van der Waals surface area contributed by atoms with Gasteiger partial charge < -0.3 is 14.8 Å². The lowest BCUT2D eigenvalue weighted by Gasteiger charge is -2.25. The molecule has 32 heavy (non-hydrogen) atoms. The Balaban J connectivity index is 1.74. The lowest BCUT2D eigenvalue weighted by atomic mass is 10.1. The minimum Gasteiger partial charge on any atom is -0.493 e. The maximum absolute atomic E-state index is 12.8. The predicted molar refractivity (Wildman–Crippen MR) is 116 cm³/mol. The van der Waals surface area contributed by atoms with Crippen LogP contribution in [0.5, 0.6) is 5.88 Å². The van der Waals surface area contributed by atoms with Gasteiger partial charge in [0.25, 0.3) is 5.69 Å². The van der Waals surface area contributed by atoms with Gasteiger partial charge in [-0.15, -0.1) is 10.2 Å². The monoisotopic (exact) mass is 459 g/mol. The van der Waals surface area contributed by atoms with Crippen LogP contribution < -0.4 is 0 Å². The van der Waals surface area contributed by atoms with Crippen molar-refractivity contribution in [2.24, 2.45) is 10.2 Å². The number of morpholine rings is 1. The van der Waals surface area contributed by atoms with Crippen LogP contribution in [0, 0.1) is 24.0 Å². The Morgan fingerprint density at radius 2 is 1.88 bits per heavy atom. The summed E-state index contributed by atoms with van der Waals surface area (Å²) in [6.45, 7) is 4.66. The normalized spacial score (nSPS) is 15.6. The topological polar surface area (TPSA) is 150 Å². The standard InChI is InChI=1S/C20H21N5O6S/c1-12-9-13(2)18-15(10-12)19(20(26)21-18)23-22-16-4-3-14(11-17(16)25(27)28)32(29,30)24-5-7-31-8-6-24/h3-4,9-11,21,26H,5-8H2,1-2H3. The maximum atomic E-state index is 12.8. The van der Waals surface area contributed by atoms with E-state index in [1.165, 1.54) is 16.4 Å². The Bertz CT molecular complexity index is 1340. The molecule has 11 nitrogen and oxygen atoms in total. The molecule has 0 radical (unpaired) electrons. The number of nitrogens with one attached hydrogen (secondary N) is 1. The summed E-state index contributed by atoms with van der Waals surface area (Å²) in [6, 6.07) is 7.23. The van der Waals surface area contributed by atoms with Crippen molar-refractivity contribution in [3.8, 4) is 5.88 Å². The third kappa shape index (κ3) is 3.95. The zero-order chi connectivity index (χ0) is 23.0. The molecule has 0 amide bonds. The summed E-state index contributed by atoms with van der Waals surface area (Å²) in [5.41, 5.74) is 2.05. The second-order valence-electron chi connectivity index (χ2n) is 7.45. The third-order valence-electron chi connectivity index (χ3n) is 5.21. The molecule has 0 saturated carbocycles. The highest BCUT2D eigenvalue weighted by atomic mass is 32.2. The number of fused-ring (bicyclic) bond motifs is 1. The van der Waals surface area contributed by atoms with Gasteiger partial charge in [0.15, 0.2) is 11.4 Å². The molecule has 168 valence electrons. The number of aryl methyl sites for hydroxylation is 2. The molecular formula is C20H21N5O6S. The van der Waals surface area contributed by atoms with Crippen molar-refractivity contribution in [2.45, 2.75) is 18.7 Å². The molecule has 0 aliphatic carbocycles. The van der Waals surface area contributed by atoms with Gasteiger partial charge in [0.05, 0.1) is 28.5 Å². The summed E-state index contributed by atoms with van der Waals surface area (Å²) in [5.74, 6) is -0.216. The molecule has 12 heteroatoms. The van der Waals surface area contributed by atoms with Crippen LogP contribution in [0.4, 0.5) is 17.1 Å². The van der Waals surface area contributed by atoms with Gasteiger partial charge in [-0.2, -0.15) is 4.31 Å². The highest BCUT2D eigenvalue weighted by Gasteiger charge is 2.29. The Kier molecular flexibility index (Phi) is 5.67. The van der Waals surface area contributed by atoms with E-state index in [0.717, 1.165) is 17.2 Å². The highest BCUT2D eigenvalue weighted by molar-refractivity contribution is 7.89. The Labute approximate surface area is 183 Å². The summed E-state index contributed by atoms with van der Waals surface area (Å²) in [4.78, 5) is 13.5. The fourth-order valence-electron chi connectivity index (χ4n) is 3.66. The second-order valence-corrected chi connectivity index (χ2v) is 9.39. The second kappa shape index (κ2) is 8.30. The number of aromatic amines is 1. The number of nitro benzene ring substituents is 1. The number of azo groups is 1. The van der Waals surface area contributed by atoms with Crippen LogP contribution in [-0.4, -0.2) is 54.0 Å². The van der Waals surface area contributed by atoms with Crippen molar-refractivity contribution >= 4 is 38.0 Å². The maximum Gasteiger partial charge on any atom is 0.298 e. The van der Waals surface area contributed by atoms with Crippen LogP contribution in [-0.2, 0) is 14.8 Å². The number of rotatable bonds is 5. The number of sulfonamides is 1. The van der Waals surface area contributed by atoms with Crippen LogP contribution in [0.25, 0.3) is 10.9 Å². The minimum atomic E-state index is -3.91. The van der Waals surface area contributed by atoms with E-state index in [4.69, 9.17) is 4.74 Å². The van der Waals surface area contributed by atoms with Crippen molar-refractivity contribution in [3.05, 3.63) is 51.6 Å². The fraction of sp³-hybridized carbons (Fsp3) is 0.300. The summed E-state index contributed by atoms with van der Waals surface area (Å²) in [5, 5.41) is 30.5. The fourth-order valence-corrected chi connectivity index (χ4v) is 5.09. The number of aromatic hydroxyl groups is 1. The van der Waals surface area contributed by atoms with Crippen molar-refractivity contribution in [3.63, 3.8) is 0 Å². The van der Waals surface area contributed by atoms with Crippen LogP contribution >= 0.6 is 0 Å². The number of nitro groups is 1. The van der Waals surface area contributed by atoms with Gasteiger partial charge in [-0.3, -0.25) is 10.1 Å². The molecular weight excluding hydrogens is 438 g/mol. The number of nitrogens with zero attached hydrogens (tertiary/aromatic N) is 4. The number of H-pyrrole nitrogens is 1. The van der Waals surface area contributed by atoms with Crippen molar-refractivity contribution in [1.82, 2.24) is 9.29 Å². The first-order valence-corrected chi connectivity index (χ1v) is 11.2. The van der Waals surface area contributed by atoms with Crippen LogP contribution in [0.15, 0.2) is 45.5 Å². The molecule has 0 unspecified atom stereocenters. The minimum absolute atomic E-state index is 0.131. The average Bonchev–Trinajstić information content (AvgIpc) is 3.08. The van der Waals surface area contributed by atoms with Crippen LogP contribution in [0.2, 0.25) is 0 Å². The van der Waals surface area contributed by atoms with E-state index in [-0.39, 0.29) is 48.5 Å². The molecule has 1 aromatic heterocycles. The van der Waals surface area contributed by atoms with Gasteiger partial charge in [-0.05, 0) is 37.6 Å². The van der Waals surface area contributed by atoms with E-state index in [1.807, 2.05) is 26.0 Å². The molecule has 2 heterocycles. The van der Waals surface area contributed by atoms with Crippen molar-refractivity contribution in [2.75, 3.05) is 26.3 Å². The third-order valence-corrected chi connectivity index (χ3v) is 7.11. The Morgan fingerprint density at radius 3 is 2.56 bits per heavy atom. The zero-order valence-electron chi connectivity index (χ0n) is 17.4. The number of ether oxygens (including phenoxy) is 1. The smallest absolute Gasteiger partial charge is 0.298 e. The number of hydrogen-bond donors (Lipinski definition) is 2. The lowest BCUT2D eigenvalue weighted by Crippen LogP contribution is -2.40. The SMILES string of the molecule is Cc1cc(C)c2[nH]c(O)c(N=Nc3ccc(S(=O)(=O)N4CCOCC4)cc3[N+](=O)[O-])c2c1. The molecule has 1 aliphatic heterocycles. The van der Waals surface area contributed by atoms with Gasteiger partial charge in [-0.1, -0.05) is 11.6 Å². The van der Waals surface area contributed by atoms with Crippen LogP contribution in [0.1, 0.15) is 11.1 Å². The zero-order valence-corrected chi connectivity index (χ0v) is 18.2. The van der Waals surface area contributed by atoms with E-state index in [2.05, 4.69) is 15.2 Å². The molecule has 2 N–H and O–H groups in total. The quantitative estimate of drug-likeness (QED) is 0.336. The van der Waals surface area contributed by atoms with Gasteiger partial charge in [0.2, 0.25) is 15.9 Å². The summed E-state index contributed by atoms with van der Waals surface area (Å²) < 4.78 is 32.1. The number of aromatic nitrogens is 1. The Hall–Kier alpha value is -3.35. The highest BCUT2D eigenvalue weighted by Crippen LogP contribution is 2.39. The van der Waals surface area contributed by atoms with E-state index in [1.54, 1.807) is 0 Å². The molecule has 1 fully saturated rings. The van der Waals surface area contributed by atoms with Crippen molar-refractivity contribution in [1.29, 1.82) is 0 Å². The molecule has 0 bridgehead atoms. The molecule has 3 aromatic rings. The van der Waals surface area contributed by atoms with Crippen LogP contribution in [0.3, 0.4) is 0 Å². The first-order valence-electron chi connectivity index (χ1n) is 9.78. The summed E-state index contributed by atoms with van der Waals surface area (Å²) >= 11 is 0. The first kappa shape index (κ1) is 21.9. The molecule has 1 aliphatic rings. The molecule has 2 aromatic carbocycles. The number of hydrogen-bond acceptors (Lipinski definition) is 8. The van der Waals surface area contributed by atoms with Gasteiger partial charge in [-0.25, -0.2) is 8.42 Å². The molecule has 4 rings (SSSR count). The van der Waals surface area contributed by atoms with E-state index in [9.17, 15) is 23.6 Å². The predicted octanol–water partition coefficient (Wildman–Crippen LogP) is 3.83. The Morgan fingerprint density at radius 1 is 1.16 bits per heavy atom. The van der Waals surface area contributed by atoms with Gasteiger partial charge in [0.1, 0.15) is 0 Å². The van der Waals surface area contributed by atoms with Gasteiger partial charge >= 0.3 is 0 Å². The summed E-state index contributed by atoms with van der Waals surface area (Å²) in [6.07, 6.45) is 0. The van der Waals surface area contributed by atoms with Crippen molar-refractivity contribution < 1.29 is 23.2 Å². The molecule has 0 spiro atoms. The lowest BCUT2D eigenvalue weighted by molar-refractivity contribution is -0.384. The largest absolute Gasteiger partial charge is 0.493 e. The molecule has 1 saturated heterocycles. The molecule has 0 atom stereocenters. The van der Waals surface area contributed by atoms with Gasteiger partial charge in [0, 0.05) is 24.5 Å². The average molecular weight is 459 g/mol. The summed E-state index contributed by atoms with van der Waals surface area (Å²) in [7, 11) is -3.91. The van der Waals surface area contributed by atoms with E-state index in [0.29, 0.717) is 10.9 Å². The van der Waals surface area contributed by atoms with E-state index < -0.39 is 20.6 Å².